The summed E-state index contributed by atoms with van der Waals surface area (Å²) in [6.07, 6.45) is 0.593. The van der Waals surface area contributed by atoms with E-state index in [2.05, 4.69) is 5.32 Å². The van der Waals surface area contributed by atoms with E-state index < -0.39 is 23.7 Å². The SMILES string of the molecule is CC[C@H](C)[C@H](NC(=O)c1cccc(F)c1N)C(=O)O. The van der Waals surface area contributed by atoms with Crippen LogP contribution in [0.1, 0.15) is 30.6 Å². The van der Waals surface area contributed by atoms with Crippen LogP contribution in [-0.4, -0.2) is 23.0 Å². The van der Waals surface area contributed by atoms with Gasteiger partial charge in [-0.05, 0) is 18.1 Å². The Morgan fingerprint density at radius 2 is 2.11 bits per heavy atom. The van der Waals surface area contributed by atoms with Crippen LogP contribution in [-0.2, 0) is 4.79 Å². The van der Waals surface area contributed by atoms with Crippen LogP contribution in [0.2, 0.25) is 0 Å². The lowest BCUT2D eigenvalue weighted by Crippen LogP contribution is -2.45. The van der Waals surface area contributed by atoms with Crippen LogP contribution < -0.4 is 11.1 Å². The predicted octanol–water partition coefficient (Wildman–Crippen LogP) is 1.64. The van der Waals surface area contributed by atoms with E-state index in [0.29, 0.717) is 6.42 Å². The van der Waals surface area contributed by atoms with Gasteiger partial charge in [-0.25, -0.2) is 9.18 Å². The number of amides is 1. The molecular formula is C13H17FN2O3. The number of hydrogen-bond acceptors (Lipinski definition) is 3. The molecule has 4 N–H and O–H groups in total. The number of rotatable bonds is 5. The van der Waals surface area contributed by atoms with Gasteiger partial charge in [0.05, 0.1) is 11.3 Å². The Morgan fingerprint density at radius 3 is 2.63 bits per heavy atom. The van der Waals surface area contributed by atoms with Crippen molar-refractivity contribution in [3.63, 3.8) is 0 Å². The number of nitrogens with two attached hydrogens (primary N) is 1. The van der Waals surface area contributed by atoms with Crippen molar-refractivity contribution in [2.75, 3.05) is 5.73 Å². The van der Waals surface area contributed by atoms with E-state index in [1.54, 1.807) is 6.92 Å². The number of nitrogens with one attached hydrogen (secondary N) is 1. The van der Waals surface area contributed by atoms with Gasteiger partial charge in [-0.1, -0.05) is 26.3 Å². The molecular weight excluding hydrogens is 251 g/mol. The molecule has 2 atom stereocenters. The van der Waals surface area contributed by atoms with Crippen LogP contribution in [0.5, 0.6) is 0 Å². The van der Waals surface area contributed by atoms with Gasteiger partial charge in [-0.15, -0.1) is 0 Å². The Balaban J connectivity index is 2.94. The second kappa shape index (κ2) is 6.17. The molecule has 0 radical (unpaired) electrons. The van der Waals surface area contributed by atoms with Crippen molar-refractivity contribution >= 4 is 17.6 Å². The van der Waals surface area contributed by atoms with Crippen LogP contribution in [0.4, 0.5) is 10.1 Å². The first-order chi connectivity index (χ1) is 8.88. The minimum absolute atomic E-state index is 0.0606. The molecule has 1 aromatic carbocycles. The number of benzene rings is 1. The molecule has 19 heavy (non-hydrogen) atoms. The van der Waals surface area contributed by atoms with Crippen molar-refractivity contribution in [1.29, 1.82) is 0 Å². The number of carbonyl (C=O) groups excluding carboxylic acids is 1. The molecule has 5 nitrogen and oxygen atoms in total. The summed E-state index contributed by atoms with van der Waals surface area (Å²) in [7, 11) is 0. The Hall–Kier alpha value is -2.11. The number of carboxylic acid groups (broad SMARTS) is 1. The molecule has 104 valence electrons. The number of carbonyl (C=O) groups is 2. The third-order valence-corrected chi connectivity index (χ3v) is 3.06. The van der Waals surface area contributed by atoms with Crippen LogP contribution in [0.15, 0.2) is 18.2 Å². The zero-order valence-electron chi connectivity index (χ0n) is 10.8. The van der Waals surface area contributed by atoms with Gasteiger partial charge in [0.2, 0.25) is 0 Å². The van der Waals surface area contributed by atoms with Crippen molar-refractivity contribution in [2.24, 2.45) is 5.92 Å². The fourth-order valence-electron chi connectivity index (χ4n) is 1.64. The number of anilines is 1. The zero-order chi connectivity index (χ0) is 14.6. The van der Waals surface area contributed by atoms with Crippen LogP contribution in [0.25, 0.3) is 0 Å². The number of aliphatic carboxylic acids is 1. The van der Waals surface area contributed by atoms with E-state index in [1.165, 1.54) is 12.1 Å². The Kier molecular flexibility index (Phi) is 4.86. The van der Waals surface area contributed by atoms with Gasteiger partial charge in [0.15, 0.2) is 0 Å². The van der Waals surface area contributed by atoms with Gasteiger partial charge >= 0.3 is 5.97 Å². The number of halogens is 1. The second-order valence-corrected chi connectivity index (χ2v) is 4.38. The quantitative estimate of drug-likeness (QED) is 0.708. The molecule has 0 saturated heterocycles. The van der Waals surface area contributed by atoms with Crippen LogP contribution in [0.3, 0.4) is 0 Å². The highest BCUT2D eigenvalue weighted by Crippen LogP contribution is 2.16. The fourth-order valence-corrected chi connectivity index (χ4v) is 1.64. The maximum absolute atomic E-state index is 13.2. The molecule has 1 rings (SSSR count). The molecule has 1 amide bonds. The molecule has 0 aliphatic heterocycles. The van der Waals surface area contributed by atoms with Gasteiger partial charge in [-0.3, -0.25) is 4.79 Å². The smallest absolute Gasteiger partial charge is 0.326 e. The highest BCUT2D eigenvalue weighted by molar-refractivity contribution is 6.00. The van der Waals surface area contributed by atoms with E-state index in [4.69, 9.17) is 10.8 Å². The first-order valence-corrected chi connectivity index (χ1v) is 5.96. The molecule has 0 bridgehead atoms. The second-order valence-electron chi connectivity index (χ2n) is 4.38. The maximum atomic E-state index is 13.2. The molecule has 0 fully saturated rings. The van der Waals surface area contributed by atoms with Crippen LogP contribution >= 0.6 is 0 Å². The van der Waals surface area contributed by atoms with Gasteiger partial charge in [0.25, 0.3) is 5.91 Å². The largest absolute Gasteiger partial charge is 0.480 e. The lowest BCUT2D eigenvalue weighted by molar-refractivity contribution is -0.140. The average molecular weight is 268 g/mol. The van der Waals surface area contributed by atoms with Gasteiger partial charge in [0.1, 0.15) is 11.9 Å². The minimum Gasteiger partial charge on any atom is -0.480 e. The Bertz CT molecular complexity index is 491. The molecule has 0 aliphatic carbocycles. The van der Waals surface area contributed by atoms with Crippen molar-refractivity contribution < 1.29 is 19.1 Å². The molecule has 1 aromatic rings. The van der Waals surface area contributed by atoms with Crippen LogP contribution in [0, 0.1) is 11.7 Å². The summed E-state index contributed by atoms with van der Waals surface area (Å²) >= 11 is 0. The summed E-state index contributed by atoms with van der Waals surface area (Å²) in [6, 6.07) is 2.80. The Morgan fingerprint density at radius 1 is 1.47 bits per heavy atom. The van der Waals surface area contributed by atoms with E-state index in [0.717, 1.165) is 6.07 Å². The molecule has 0 aliphatic rings. The van der Waals surface area contributed by atoms with Gasteiger partial charge in [0, 0.05) is 0 Å². The monoisotopic (exact) mass is 268 g/mol. The molecule has 0 saturated carbocycles. The van der Waals surface area contributed by atoms with Gasteiger partial charge < -0.3 is 16.2 Å². The first-order valence-electron chi connectivity index (χ1n) is 5.96. The van der Waals surface area contributed by atoms with Crippen molar-refractivity contribution in [2.45, 2.75) is 26.3 Å². The summed E-state index contributed by atoms with van der Waals surface area (Å²) in [5.41, 5.74) is 5.12. The summed E-state index contributed by atoms with van der Waals surface area (Å²) in [4.78, 5) is 23.0. The topological polar surface area (TPSA) is 92.4 Å². The highest BCUT2D eigenvalue weighted by Gasteiger charge is 2.26. The maximum Gasteiger partial charge on any atom is 0.326 e. The molecule has 0 heterocycles. The Labute approximate surface area is 110 Å². The first kappa shape index (κ1) is 14.9. The number of nitrogen functional groups attached to an aromatic ring is 1. The standard InChI is InChI=1S/C13H17FN2O3/c1-3-7(2)11(13(18)19)16-12(17)8-5-4-6-9(14)10(8)15/h4-7,11H,3,15H2,1-2H3,(H,16,17)(H,18,19)/t7-,11-/m0/s1. The average Bonchev–Trinajstić information content (AvgIpc) is 2.37. The van der Waals surface area contributed by atoms with E-state index in [-0.39, 0.29) is 17.2 Å². The predicted molar refractivity (Wildman–Crippen MR) is 69.2 cm³/mol. The zero-order valence-corrected chi connectivity index (χ0v) is 10.8. The van der Waals surface area contributed by atoms with Crippen molar-refractivity contribution in [3.8, 4) is 0 Å². The number of carboxylic acids is 1. The molecule has 0 unspecified atom stereocenters. The van der Waals surface area contributed by atoms with E-state index >= 15 is 0 Å². The number of para-hydroxylation sites is 1. The van der Waals surface area contributed by atoms with E-state index in [9.17, 15) is 14.0 Å². The summed E-state index contributed by atoms with van der Waals surface area (Å²) in [6.45, 7) is 3.54. The number of hydrogen-bond donors (Lipinski definition) is 3. The minimum atomic E-state index is -1.13. The summed E-state index contributed by atoms with van der Waals surface area (Å²) in [5.74, 6) is -2.76. The van der Waals surface area contributed by atoms with Crippen molar-refractivity contribution in [1.82, 2.24) is 5.32 Å². The fraction of sp³-hybridized carbons (Fsp3) is 0.385. The summed E-state index contributed by atoms with van der Waals surface area (Å²) < 4.78 is 13.2. The summed E-state index contributed by atoms with van der Waals surface area (Å²) in [5, 5.41) is 11.4. The third kappa shape index (κ3) is 3.43. The molecule has 0 aromatic heterocycles. The van der Waals surface area contributed by atoms with E-state index in [1.807, 2.05) is 6.92 Å². The van der Waals surface area contributed by atoms with Crippen molar-refractivity contribution in [3.05, 3.63) is 29.6 Å². The normalized spacial score (nSPS) is 13.6. The molecule has 6 heteroatoms. The molecule has 0 spiro atoms. The third-order valence-electron chi connectivity index (χ3n) is 3.06. The van der Waals surface area contributed by atoms with Gasteiger partial charge in [-0.2, -0.15) is 0 Å². The lowest BCUT2D eigenvalue weighted by atomic mass is 9.99. The highest BCUT2D eigenvalue weighted by atomic mass is 19.1. The lowest BCUT2D eigenvalue weighted by Gasteiger charge is -2.20.